The van der Waals surface area contributed by atoms with Crippen molar-refractivity contribution in [2.45, 2.75) is 19.8 Å². The molecule has 0 fully saturated rings. The third-order valence-corrected chi connectivity index (χ3v) is 3.51. The fraction of sp³-hybridized carbons (Fsp3) is 0.143. The van der Waals surface area contributed by atoms with E-state index in [2.05, 4.69) is 30.3 Å². The molecular formula is C21H19O2. The SMILES string of the molecule is [c]1ccc(OCc2ccccc2)c(COCc2ccccc2)c1. The highest BCUT2D eigenvalue weighted by Crippen LogP contribution is 2.20. The van der Waals surface area contributed by atoms with Crippen molar-refractivity contribution in [3.05, 3.63) is 102 Å². The van der Waals surface area contributed by atoms with E-state index in [0.717, 1.165) is 16.9 Å². The Bertz CT molecular complexity index is 708. The van der Waals surface area contributed by atoms with E-state index in [-0.39, 0.29) is 0 Å². The molecule has 23 heavy (non-hydrogen) atoms. The van der Waals surface area contributed by atoms with Crippen molar-refractivity contribution < 1.29 is 9.47 Å². The predicted molar refractivity (Wildman–Crippen MR) is 91.0 cm³/mol. The minimum absolute atomic E-state index is 0.510. The smallest absolute Gasteiger partial charge is 0.125 e. The summed E-state index contributed by atoms with van der Waals surface area (Å²) < 4.78 is 11.7. The van der Waals surface area contributed by atoms with Gasteiger partial charge in [-0.1, -0.05) is 66.7 Å². The van der Waals surface area contributed by atoms with Crippen LogP contribution in [-0.2, 0) is 24.6 Å². The first-order chi connectivity index (χ1) is 11.4. The molecule has 0 aliphatic carbocycles. The summed E-state index contributed by atoms with van der Waals surface area (Å²) in [6.45, 7) is 1.65. The van der Waals surface area contributed by atoms with Crippen LogP contribution in [-0.4, -0.2) is 0 Å². The van der Waals surface area contributed by atoms with Crippen molar-refractivity contribution in [1.29, 1.82) is 0 Å². The molecule has 0 atom stereocenters. The van der Waals surface area contributed by atoms with Crippen molar-refractivity contribution >= 4 is 0 Å². The molecule has 0 aliphatic heterocycles. The van der Waals surface area contributed by atoms with Crippen LogP contribution >= 0.6 is 0 Å². The van der Waals surface area contributed by atoms with E-state index in [1.54, 1.807) is 0 Å². The van der Waals surface area contributed by atoms with Crippen LogP contribution in [0.25, 0.3) is 0 Å². The van der Waals surface area contributed by atoms with Crippen molar-refractivity contribution in [2.24, 2.45) is 0 Å². The molecule has 0 saturated heterocycles. The van der Waals surface area contributed by atoms with Crippen molar-refractivity contribution in [1.82, 2.24) is 0 Å². The van der Waals surface area contributed by atoms with Gasteiger partial charge in [-0.05, 0) is 29.3 Å². The first-order valence-electron chi connectivity index (χ1n) is 7.69. The van der Waals surface area contributed by atoms with Crippen molar-refractivity contribution in [2.75, 3.05) is 0 Å². The molecule has 0 unspecified atom stereocenters. The van der Waals surface area contributed by atoms with E-state index in [1.807, 2.05) is 54.6 Å². The second-order valence-corrected chi connectivity index (χ2v) is 5.29. The average molecular weight is 303 g/mol. The standard InChI is InChI=1S/C21H19O2/c1-3-9-18(10-4-1)15-22-17-20-13-7-8-14-21(20)23-16-19-11-5-2-6-12-19/h1-6,8-14H,15-17H2. The van der Waals surface area contributed by atoms with E-state index < -0.39 is 0 Å². The average Bonchev–Trinajstić information content (AvgIpc) is 2.63. The normalized spacial score (nSPS) is 10.4. The van der Waals surface area contributed by atoms with Gasteiger partial charge in [0.25, 0.3) is 0 Å². The zero-order valence-corrected chi connectivity index (χ0v) is 12.9. The van der Waals surface area contributed by atoms with Gasteiger partial charge in [-0.2, -0.15) is 0 Å². The van der Waals surface area contributed by atoms with Crippen LogP contribution < -0.4 is 4.74 Å². The molecule has 0 N–H and O–H groups in total. The molecule has 0 amide bonds. The fourth-order valence-electron chi connectivity index (χ4n) is 2.29. The third-order valence-electron chi connectivity index (χ3n) is 3.51. The first-order valence-corrected chi connectivity index (χ1v) is 7.69. The Balaban J connectivity index is 1.57. The van der Waals surface area contributed by atoms with Gasteiger partial charge < -0.3 is 9.47 Å². The monoisotopic (exact) mass is 303 g/mol. The Morgan fingerprint density at radius 3 is 2.04 bits per heavy atom. The lowest BCUT2D eigenvalue weighted by molar-refractivity contribution is 0.104. The lowest BCUT2D eigenvalue weighted by Crippen LogP contribution is -2.00. The largest absolute Gasteiger partial charge is 0.489 e. The number of ether oxygens (including phenoxy) is 2. The molecule has 0 saturated carbocycles. The highest BCUT2D eigenvalue weighted by Gasteiger charge is 2.04. The van der Waals surface area contributed by atoms with Gasteiger partial charge in [0.1, 0.15) is 12.4 Å². The molecule has 0 aliphatic rings. The van der Waals surface area contributed by atoms with Crippen LogP contribution in [0, 0.1) is 6.07 Å². The molecular weight excluding hydrogens is 284 g/mol. The summed E-state index contributed by atoms with van der Waals surface area (Å²) >= 11 is 0. The Kier molecular flexibility index (Phi) is 5.43. The second kappa shape index (κ2) is 8.16. The summed E-state index contributed by atoms with van der Waals surface area (Å²) in [7, 11) is 0. The van der Waals surface area contributed by atoms with Crippen LogP contribution in [0.3, 0.4) is 0 Å². The van der Waals surface area contributed by atoms with Crippen LogP contribution in [0.2, 0.25) is 0 Å². The molecule has 2 nitrogen and oxygen atoms in total. The third kappa shape index (κ3) is 4.70. The molecule has 3 aromatic rings. The van der Waals surface area contributed by atoms with Crippen LogP contribution in [0.4, 0.5) is 0 Å². The lowest BCUT2D eigenvalue weighted by atomic mass is 10.2. The summed E-state index contributed by atoms with van der Waals surface area (Å²) in [5, 5.41) is 0. The van der Waals surface area contributed by atoms with E-state index in [0.29, 0.717) is 19.8 Å². The van der Waals surface area contributed by atoms with Crippen molar-refractivity contribution in [3.8, 4) is 5.75 Å². The van der Waals surface area contributed by atoms with Gasteiger partial charge in [-0.25, -0.2) is 0 Å². The van der Waals surface area contributed by atoms with E-state index in [1.165, 1.54) is 5.56 Å². The zero-order chi connectivity index (χ0) is 15.7. The molecule has 0 bridgehead atoms. The Labute approximate surface area is 137 Å². The van der Waals surface area contributed by atoms with Gasteiger partial charge in [-0.15, -0.1) is 0 Å². The summed E-state index contributed by atoms with van der Waals surface area (Å²) in [6.07, 6.45) is 0. The summed E-state index contributed by atoms with van der Waals surface area (Å²) in [5.74, 6) is 0.848. The quantitative estimate of drug-likeness (QED) is 0.625. The number of hydrogen-bond acceptors (Lipinski definition) is 2. The van der Waals surface area contributed by atoms with Gasteiger partial charge >= 0.3 is 0 Å². The Morgan fingerprint density at radius 2 is 1.35 bits per heavy atom. The van der Waals surface area contributed by atoms with Gasteiger partial charge in [0.15, 0.2) is 0 Å². The van der Waals surface area contributed by atoms with Gasteiger partial charge in [0.2, 0.25) is 0 Å². The van der Waals surface area contributed by atoms with Crippen LogP contribution in [0.1, 0.15) is 16.7 Å². The molecule has 0 aromatic heterocycles. The van der Waals surface area contributed by atoms with Gasteiger partial charge in [0.05, 0.1) is 13.2 Å². The molecule has 3 aromatic carbocycles. The Morgan fingerprint density at radius 1 is 0.696 bits per heavy atom. The lowest BCUT2D eigenvalue weighted by Gasteiger charge is -2.12. The number of benzene rings is 3. The van der Waals surface area contributed by atoms with Gasteiger partial charge in [-0.3, -0.25) is 0 Å². The molecule has 2 heteroatoms. The Hall–Kier alpha value is -2.58. The topological polar surface area (TPSA) is 18.5 Å². The highest BCUT2D eigenvalue weighted by atomic mass is 16.5. The molecule has 0 spiro atoms. The number of rotatable bonds is 7. The van der Waals surface area contributed by atoms with Crippen LogP contribution in [0.5, 0.6) is 5.75 Å². The van der Waals surface area contributed by atoms with E-state index in [4.69, 9.17) is 9.47 Å². The molecule has 1 radical (unpaired) electrons. The summed E-state index contributed by atoms with van der Waals surface area (Å²) in [5.41, 5.74) is 3.33. The summed E-state index contributed by atoms with van der Waals surface area (Å²) in [6, 6.07) is 29.1. The number of hydrogen-bond donors (Lipinski definition) is 0. The molecule has 0 heterocycles. The minimum atomic E-state index is 0.510. The van der Waals surface area contributed by atoms with E-state index >= 15 is 0 Å². The maximum Gasteiger partial charge on any atom is 0.125 e. The van der Waals surface area contributed by atoms with Crippen LogP contribution in [0.15, 0.2) is 78.9 Å². The molecule has 3 rings (SSSR count). The first kappa shape index (κ1) is 15.3. The second-order valence-electron chi connectivity index (χ2n) is 5.29. The van der Waals surface area contributed by atoms with Gasteiger partial charge in [0, 0.05) is 5.56 Å². The van der Waals surface area contributed by atoms with Crippen molar-refractivity contribution in [3.63, 3.8) is 0 Å². The highest BCUT2D eigenvalue weighted by molar-refractivity contribution is 5.32. The zero-order valence-electron chi connectivity index (χ0n) is 12.9. The van der Waals surface area contributed by atoms with E-state index in [9.17, 15) is 0 Å². The fourth-order valence-corrected chi connectivity index (χ4v) is 2.29. The summed E-state index contributed by atoms with van der Waals surface area (Å²) in [4.78, 5) is 0. The maximum absolute atomic E-state index is 5.93. The molecule has 115 valence electrons. The maximum atomic E-state index is 5.93. The minimum Gasteiger partial charge on any atom is -0.489 e. The predicted octanol–water partition coefficient (Wildman–Crippen LogP) is 4.78.